The van der Waals surface area contributed by atoms with Gasteiger partial charge in [-0.3, -0.25) is 10.1 Å². The van der Waals surface area contributed by atoms with Crippen molar-refractivity contribution in [2.24, 2.45) is 0 Å². The van der Waals surface area contributed by atoms with E-state index < -0.39 is 11.9 Å². The van der Waals surface area contributed by atoms with Crippen molar-refractivity contribution in [3.8, 4) is 5.75 Å². The van der Waals surface area contributed by atoms with Crippen LogP contribution in [-0.4, -0.2) is 28.7 Å². The summed E-state index contributed by atoms with van der Waals surface area (Å²) in [6.07, 6.45) is 0. The number of benzene rings is 2. The second-order valence-corrected chi connectivity index (χ2v) is 7.29. The van der Waals surface area contributed by atoms with E-state index in [2.05, 4.69) is 10.6 Å². The molecule has 26 heavy (non-hydrogen) atoms. The van der Waals surface area contributed by atoms with Crippen LogP contribution in [0.25, 0.3) is 0 Å². The van der Waals surface area contributed by atoms with E-state index in [0.29, 0.717) is 10.8 Å². The molecule has 0 bridgehead atoms. The van der Waals surface area contributed by atoms with Crippen molar-refractivity contribution in [2.75, 3.05) is 11.9 Å². The lowest BCUT2D eigenvalue weighted by molar-refractivity contribution is -0.121. The van der Waals surface area contributed by atoms with Crippen molar-refractivity contribution < 1.29 is 19.4 Å². The zero-order chi connectivity index (χ0) is 19.3. The van der Waals surface area contributed by atoms with E-state index in [4.69, 9.17) is 28.6 Å². The molecule has 0 saturated carbocycles. The maximum absolute atomic E-state index is 12.0. The number of carbonyl (C=O) groups is 2. The zero-order valence-electron chi connectivity index (χ0n) is 13.5. The Kier molecular flexibility index (Phi) is 7.18. The molecule has 0 spiro atoms. The third-order valence-electron chi connectivity index (χ3n) is 3.21. The van der Waals surface area contributed by atoms with E-state index in [0.717, 1.165) is 9.13 Å². The molecule has 0 heterocycles. The Hall–Kier alpha value is -1.91. The fraction of sp³-hybridized carbons (Fsp3) is 0.118. The number of amides is 1. The van der Waals surface area contributed by atoms with E-state index in [1.54, 1.807) is 30.3 Å². The Balaban J connectivity index is 1.93. The number of aryl methyl sites for hydroxylation is 1. The number of ether oxygens (including phenoxy) is 1. The summed E-state index contributed by atoms with van der Waals surface area (Å²) >= 11 is 12.9. The van der Waals surface area contributed by atoms with Gasteiger partial charge in [-0.2, -0.15) is 0 Å². The van der Waals surface area contributed by atoms with Crippen LogP contribution >= 0.6 is 46.4 Å². The normalized spacial score (nSPS) is 10.1. The number of anilines is 1. The first-order chi connectivity index (χ1) is 12.3. The predicted octanol–water partition coefficient (Wildman–Crippen LogP) is 3.84. The molecule has 6 nitrogen and oxygen atoms in total. The molecule has 0 aliphatic heterocycles. The molecule has 0 aliphatic carbocycles. The number of carboxylic acid groups (broad SMARTS) is 1. The molecule has 0 atom stereocenters. The molecular weight excluding hydrogens is 491 g/mol. The Morgan fingerprint density at radius 1 is 1.27 bits per heavy atom. The van der Waals surface area contributed by atoms with E-state index >= 15 is 0 Å². The minimum absolute atomic E-state index is 0.0184. The molecule has 9 heteroatoms. The summed E-state index contributed by atoms with van der Waals surface area (Å²) in [5.74, 6) is -1.03. The molecule has 0 radical (unpaired) electrons. The van der Waals surface area contributed by atoms with Crippen LogP contribution in [0.4, 0.5) is 5.69 Å². The van der Waals surface area contributed by atoms with Gasteiger partial charge in [0.2, 0.25) is 0 Å². The summed E-state index contributed by atoms with van der Waals surface area (Å²) < 4.78 is 6.20. The lowest BCUT2D eigenvalue weighted by Gasteiger charge is -2.13. The highest BCUT2D eigenvalue weighted by Gasteiger charge is 2.13. The molecule has 1 amide bonds. The molecule has 0 unspecified atom stereocenters. The van der Waals surface area contributed by atoms with E-state index in [9.17, 15) is 14.7 Å². The smallest absolute Gasteiger partial charge is 0.337 e. The van der Waals surface area contributed by atoms with Gasteiger partial charge >= 0.3 is 5.97 Å². The minimum Gasteiger partial charge on any atom is -0.483 e. The highest BCUT2D eigenvalue weighted by atomic mass is 127. The molecular formula is C17H14ClIN2O4S. The maximum atomic E-state index is 12.0. The van der Waals surface area contributed by atoms with E-state index in [1.807, 2.05) is 29.5 Å². The summed E-state index contributed by atoms with van der Waals surface area (Å²) in [7, 11) is 0. The van der Waals surface area contributed by atoms with Gasteiger partial charge in [-0.15, -0.1) is 0 Å². The van der Waals surface area contributed by atoms with Crippen molar-refractivity contribution in [3.63, 3.8) is 0 Å². The Morgan fingerprint density at radius 3 is 2.65 bits per heavy atom. The van der Waals surface area contributed by atoms with Gasteiger partial charge in [0.05, 0.1) is 11.3 Å². The monoisotopic (exact) mass is 504 g/mol. The maximum Gasteiger partial charge on any atom is 0.337 e. The number of nitrogens with one attached hydrogen (secondary N) is 2. The quantitative estimate of drug-likeness (QED) is 0.424. The first-order valence-corrected chi connectivity index (χ1v) is 9.15. The van der Waals surface area contributed by atoms with Crippen LogP contribution in [0.3, 0.4) is 0 Å². The van der Waals surface area contributed by atoms with Gasteiger partial charge < -0.3 is 15.2 Å². The van der Waals surface area contributed by atoms with Gasteiger partial charge in [0.25, 0.3) is 5.91 Å². The standard InChI is InChI=1S/C17H14ClIN2O4S/c1-9-6-10(18)2-5-14(9)25-8-15(22)21-17(26)20-13-4-3-11(19)7-12(13)16(23)24/h2-7H,8H2,1H3,(H,23,24)(H2,20,21,22,26). The van der Waals surface area contributed by atoms with Crippen molar-refractivity contribution in [1.29, 1.82) is 0 Å². The molecule has 136 valence electrons. The SMILES string of the molecule is Cc1cc(Cl)ccc1OCC(=O)NC(=S)Nc1ccc(I)cc1C(=O)O. The number of hydrogen-bond donors (Lipinski definition) is 3. The molecule has 0 saturated heterocycles. The van der Waals surface area contributed by atoms with Crippen LogP contribution in [-0.2, 0) is 4.79 Å². The number of carbonyl (C=O) groups excluding carboxylic acids is 1. The first-order valence-electron chi connectivity index (χ1n) is 7.29. The molecule has 2 aromatic rings. The fourth-order valence-corrected chi connectivity index (χ4v) is 2.98. The molecule has 2 aromatic carbocycles. The molecule has 0 aliphatic rings. The van der Waals surface area contributed by atoms with Gasteiger partial charge in [-0.25, -0.2) is 4.79 Å². The van der Waals surface area contributed by atoms with Crippen molar-refractivity contribution in [2.45, 2.75) is 6.92 Å². The van der Waals surface area contributed by atoms with Crippen LogP contribution in [0.15, 0.2) is 36.4 Å². The van der Waals surface area contributed by atoms with Crippen LogP contribution in [0, 0.1) is 10.5 Å². The highest BCUT2D eigenvalue weighted by molar-refractivity contribution is 14.1. The Morgan fingerprint density at radius 2 is 2.00 bits per heavy atom. The Bertz CT molecular complexity index is 876. The van der Waals surface area contributed by atoms with Gasteiger partial charge in [0.1, 0.15) is 5.75 Å². The predicted molar refractivity (Wildman–Crippen MR) is 112 cm³/mol. The Labute approximate surface area is 174 Å². The largest absolute Gasteiger partial charge is 0.483 e. The summed E-state index contributed by atoms with van der Waals surface area (Å²) in [6.45, 7) is 1.57. The van der Waals surface area contributed by atoms with Crippen LogP contribution in [0.2, 0.25) is 5.02 Å². The van der Waals surface area contributed by atoms with E-state index in [-0.39, 0.29) is 23.0 Å². The number of aromatic carboxylic acids is 1. The average molecular weight is 505 g/mol. The molecule has 0 aromatic heterocycles. The summed E-state index contributed by atoms with van der Waals surface area (Å²) in [5, 5.41) is 15.0. The van der Waals surface area contributed by atoms with Crippen LogP contribution < -0.4 is 15.4 Å². The number of thiocarbonyl (C=S) groups is 1. The van der Waals surface area contributed by atoms with Gasteiger partial charge in [0.15, 0.2) is 11.7 Å². The number of rotatable bonds is 5. The van der Waals surface area contributed by atoms with Crippen LogP contribution in [0.1, 0.15) is 15.9 Å². The van der Waals surface area contributed by atoms with Crippen LogP contribution in [0.5, 0.6) is 5.75 Å². The second kappa shape index (κ2) is 9.15. The zero-order valence-corrected chi connectivity index (χ0v) is 17.2. The number of hydrogen-bond acceptors (Lipinski definition) is 4. The van der Waals surface area contributed by atoms with Crippen molar-refractivity contribution in [1.82, 2.24) is 5.32 Å². The lowest BCUT2D eigenvalue weighted by Crippen LogP contribution is -2.37. The molecule has 2 rings (SSSR count). The average Bonchev–Trinajstić information content (AvgIpc) is 2.55. The number of carboxylic acids is 1. The summed E-state index contributed by atoms with van der Waals surface area (Å²) in [4.78, 5) is 23.3. The molecule has 0 fully saturated rings. The summed E-state index contributed by atoms with van der Waals surface area (Å²) in [6, 6.07) is 9.88. The van der Waals surface area contributed by atoms with Gasteiger partial charge in [0, 0.05) is 8.59 Å². The first kappa shape index (κ1) is 20.4. The third-order valence-corrected chi connectivity index (χ3v) is 4.32. The topological polar surface area (TPSA) is 87.7 Å². The van der Waals surface area contributed by atoms with Crippen molar-refractivity contribution in [3.05, 3.63) is 56.1 Å². The lowest BCUT2D eigenvalue weighted by atomic mass is 10.2. The van der Waals surface area contributed by atoms with Gasteiger partial charge in [-0.1, -0.05) is 11.6 Å². The highest BCUT2D eigenvalue weighted by Crippen LogP contribution is 2.22. The van der Waals surface area contributed by atoms with Gasteiger partial charge in [-0.05, 0) is 83.7 Å². The molecule has 3 N–H and O–H groups in total. The number of halogens is 2. The van der Waals surface area contributed by atoms with E-state index in [1.165, 1.54) is 6.07 Å². The third kappa shape index (κ3) is 5.82. The van der Waals surface area contributed by atoms with Crippen molar-refractivity contribution >= 4 is 69.1 Å². The minimum atomic E-state index is -1.10. The summed E-state index contributed by atoms with van der Waals surface area (Å²) in [5.41, 5.74) is 1.15. The second-order valence-electron chi connectivity index (χ2n) is 5.20. The fourth-order valence-electron chi connectivity index (χ4n) is 2.04.